The van der Waals surface area contributed by atoms with Crippen LogP contribution >= 0.6 is 39.5 Å². The van der Waals surface area contributed by atoms with Crippen molar-refractivity contribution in [1.29, 1.82) is 0 Å². The van der Waals surface area contributed by atoms with E-state index < -0.39 is 0 Å². The van der Waals surface area contributed by atoms with Crippen LogP contribution in [0.2, 0.25) is 0 Å². The van der Waals surface area contributed by atoms with Crippen molar-refractivity contribution in [3.05, 3.63) is 9.98 Å². The summed E-state index contributed by atoms with van der Waals surface area (Å²) in [7, 11) is 0. The third-order valence-electron chi connectivity index (χ3n) is 0.708. The molecular formula is C4H4BrN3S2. The summed E-state index contributed by atoms with van der Waals surface area (Å²) in [5.41, 5.74) is 5.21. The zero-order valence-corrected chi connectivity index (χ0v) is 8.02. The molecule has 0 aliphatic rings. The fourth-order valence-electron chi connectivity index (χ4n) is 0.418. The summed E-state index contributed by atoms with van der Waals surface area (Å²) in [6, 6.07) is 0. The highest BCUT2D eigenvalue weighted by atomic mass is 79.9. The zero-order chi connectivity index (χ0) is 7.56. The number of halogens is 1. The number of anilines is 1. The lowest BCUT2D eigenvalue weighted by molar-refractivity contribution is 1.40. The Morgan fingerprint density at radius 2 is 2.60 bits per heavy atom. The van der Waals surface area contributed by atoms with Crippen LogP contribution in [-0.2, 0) is 0 Å². The Morgan fingerprint density at radius 1 is 1.90 bits per heavy atom. The van der Waals surface area contributed by atoms with Crippen LogP contribution < -0.4 is 11.1 Å². The molecule has 0 atom stereocenters. The number of hydrogen-bond donors (Lipinski definition) is 2. The molecule has 0 bridgehead atoms. The minimum atomic E-state index is 0.238. The molecule has 0 spiro atoms. The maximum Gasteiger partial charge on any atom is 0.189 e. The van der Waals surface area contributed by atoms with E-state index in [-0.39, 0.29) is 5.11 Å². The minimum Gasteiger partial charge on any atom is -0.376 e. The molecule has 0 saturated heterocycles. The molecule has 0 aliphatic carbocycles. The summed E-state index contributed by atoms with van der Waals surface area (Å²) in [5.74, 6) is 0. The van der Waals surface area contributed by atoms with Gasteiger partial charge in [-0.2, -0.15) is 0 Å². The van der Waals surface area contributed by atoms with Gasteiger partial charge in [0, 0.05) is 0 Å². The van der Waals surface area contributed by atoms with Crippen LogP contribution in [0.1, 0.15) is 0 Å². The van der Waals surface area contributed by atoms with Gasteiger partial charge in [-0.25, -0.2) is 4.98 Å². The Kier molecular flexibility index (Phi) is 2.58. The first kappa shape index (κ1) is 7.90. The summed E-state index contributed by atoms with van der Waals surface area (Å²) in [6.45, 7) is 0. The van der Waals surface area contributed by atoms with E-state index in [1.165, 1.54) is 11.3 Å². The van der Waals surface area contributed by atoms with Gasteiger partial charge >= 0.3 is 0 Å². The Hall–Kier alpha value is -0.200. The van der Waals surface area contributed by atoms with E-state index in [0.29, 0.717) is 5.13 Å². The van der Waals surface area contributed by atoms with E-state index in [4.69, 9.17) is 5.73 Å². The lowest BCUT2D eigenvalue weighted by Gasteiger charge is -1.94. The van der Waals surface area contributed by atoms with E-state index in [2.05, 4.69) is 38.4 Å². The molecule has 6 heteroatoms. The van der Waals surface area contributed by atoms with Gasteiger partial charge in [0.25, 0.3) is 0 Å². The smallest absolute Gasteiger partial charge is 0.189 e. The standard InChI is InChI=1S/C4H4BrN3S2/c5-2-1-7-4(10-2)8-3(6)9/h1H,(H3,6,7,8,9). The minimum absolute atomic E-state index is 0.238. The number of aromatic nitrogens is 1. The van der Waals surface area contributed by atoms with E-state index in [1.54, 1.807) is 6.20 Å². The molecule has 54 valence electrons. The number of hydrogen-bond acceptors (Lipinski definition) is 3. The predicted molar refractivity (Wildman–Crippen MR) is 50.2 cm³/mol. The molecule has 0 fully saturated rings. The second kappa shape index (κ2) is 3.27. The Morgan fingerprint density at radius 3 is 3.00 bits per heavy atom. The van der Waals surface area contributed by atoms with Crippen molar-refractivity contribution in [3.63, 3.8) is 0 Å². The molecular weight excluding hydrogens is 234 g/mol. The highest BCUT2D eigenvalue weighted by Gasteiger charge is 1.97. The molecule has 0 aromatic carbocycles. The summed E-state index contributed by atoms with van der Waals surface area (Å²) in [4.78, 5) is 3.95. The first-order chi connectivity index (χ1) is 4.68. The van der Waals surface area contributed by atoms with Crippen molar-refractivity contribution >= 4 is 49.7 Å². The Bertz CT molecular complexity index is 246. The highest BCUT2D eigenvalue weighted by molar-refractivity contribution is 9.11. The van der Waals surface area contributed by atoms with Gasteiger partial charge in [-0.05, 0) is 28.1 Å². The van der Waals surface area contributed by atoms with Crippen LogP contribution in [0.25, 0.3) is 0 Å². The van der Waals surface area contributed by atoms with Gasteiger partial charge in [0.1, 0.15) is 0 Å². The monoisotopic (exact) mass is 237 g/mol. The van der Waals surface area contributed by atoms with Crippen LogP contribution in [-0.4, -0.2) is 10.1 Å². The van der Waals surface area contributed by atoms with Gasteiger partial charge < -0.3 is 11.1 Å². The molecule has 0 radical (unpaired) electrons. The van der Waals surface area contributed by atoms with Gasteiger partial charge in [-0.1, -0.05) is 11.3 Å². The van der Waals surface area contributed by atoms with E-state index in [9.17, 15) is 0 Å². The fraction of sp³-hybridized carbons (Fsp3) is 0. The number of nitrogens with zero attached hydrogens (tertiary/aromatic N) is 1. The van der Waals surface area contributed by atoms with Crippen LogP contribution in [0.5, 0.6) is 0 Å². The van der Waals surface area contributed by atoms with Crippen LogP contribution in [0, 0.1) is 0 Å². The number of nitrogens with one attached hydrogen (secondary N) is 1. The number of nitrogens with two attached hydrogens (primary N) is 1. The second-order valence-electron chi connectivity index (χ2n) is 1.46. The molecule has 1 rings (SSSR count). The molecule has 10 heavy (non-hydrogen) atoms. The van der Waals surface area contributed by atoms with Crippen LogP contribution in [0.4, 0.5) is 5.13 Å². The second-order valence-corrected chi connectivity index (χ2v) is 4.31. The maximum absolute atomic E-state index is 5.21. The molecule has 0 amide bonds. The number of thiazole rings is 1. The third-order valence-corrected chi connectivity index (χ3v) is 2.20. The van der Waals surface area contributed by atoms with Gasteiger partial charge in [0.2, 0.25) is 0 Å². The van der Waals surface area contributed by atoms with Crippen LogP contribution in [0.3, 0.4) is 0 Å². The molecule has 1 heterocycles. The molecule has 1 aromatic heterocycles. The van der Waals surface area contributed by atoms with Crippen molar-refractivity contribution in [2.75, 3.05) is 5.32 Å². The van der Waals surface area contributed by atoms with Crippen molar-refractivity contribution in [1.82, 2.24) is 4.98 Å². The molecule has 0 saturated carbocycles. The van der Waals surface area contributed by atoms with Gasteiger partial charge in [-0.15, -0.1) is 0 Å². The van der Waals surface area contributed by atoms with Gasteiger partial charge in [-0.3, -0.25) is 0 Å². The SMILES string of the molecule is NC(=S)Nc1ncc(Br)s1. The summed E-state index contributed by atoms with van der Waals surface area (Å²) < 4.78 is 0.950. The molecule has 0 aliphatic heterocycles. The highest BCUT2D eigenvalue weighted by Crippen LogP contribution is 2.22. The third kappa shape index (κ3) is 2.20. The fourth-order valence-corrected chi connectivity index (χ4v) is 1.70. The number of rotatable bonds is 1. The van der Waals surface area contributed by atoms with Crippen LogP contribution in [0.15, 0.2) is 9.98 Å². The summed E-state index contributed by atoms with van der Waals surface area (Å²) >= 11 is 9.30. The average molecular weight is 238 g/mol. The topological polar surface area (TPSA) is 50.9 Å². The molecule has 3 N–H and O–H groups in total. The molecule has 3 nitrogen and oxygen atoms in total. The molecule has 0 unspecified atom stereocenters. The van der Waals surface area contributed by atoms with E-state index in [0.717, 1.165) is 3.79 Å². The number of thiocarbonyl (C=S) groups is 1. The predicted octanol–water partition coefficient (Wildman–Crippen LogP) is 1.56. The normalized spacial score (nSPS) is 9.30. The largest absolute Gasteiger partial charge is 0.376 e. The lowest BCUT2D eigenvalue weighted by Crippen LogP contribution is -2.18. The van der Waals surface area contributed by atoms with Crippen molar-refractivity contribution in [2.24, 2.45) is 5.73 Å². The Balaban J connectivity index is 2.67. The van der Waals surface area contributed by atoms with E-state index in [1.807, 2.05) is 0 Å². The first-order valence-corrected chi connectivity index (χ1v) is 4.38. The quantitative estimate of drug-likeness (QED) is 0.729. The summed E-state index contributed by atoms with van der Waals surface area (Å²) in [6.07, 6.45) is 1.69. The van der Waals surface area contributed by atoms with Crippen molar-refractivity contribution in [2.45, 2.75) is 0 Å². The lowest BCUT2D eigenvalue weighted by atomic mass is 11.0. The zero-order valence-electron chi connectivity index (χ0n) is 4.80. The van der Waals surface area contributed by atoms with Gasteiger partial charge in [0.05, 0.1) is 9.98 Å². The van der Waals surface area contributed by atoms with E-state index >= 15 is 0 Å². The van der Waals surface area contributed by atoms with Crippen molar-refractivity contribution < 1.29 is 0 Å². The maximum atomic E-state index is 5.21. The first-order valence-electron chi connectivity index (χ1n) is 2.36. The van der Waals surface area contributed by atoms with Crippen molar-refractivity contribution in [3.8, 4) is 0 Å². The summed E-state index contributed by atoms with van der Waals surface area (Å²) in [5, 5.41) is 3.66. The van der Waals surface area contributed by atoms with Gasteiger partial charge in [0.15, 0.2) is 10.2 Å². The Labute approximate surface area is 75.8 Å². The molecule has 1 aromatic rings. The average Bonchev–Trinajstić information content (AvgIpc) is 2.13.